The summed E-state index contributed by atoms with van der Waals surface area (Å²) in [7, 11) is 1.64. The van der Waals surface area contributed by atoms with Crippen LogP contribution in [-0.2, 0) is 9.59 Å². The van der Waals surface area contributed by atoms with E-state index in [4.69, 9.17) is 9.84 Å². The maximum atomic E-state index is 13.1. The summed E-state index contributed by atoms with van der Waals surface area (Å²) in [5.41, 5.74) is 2.19. The van der Waals surface area contributed by atoms with Gasteiger partial charge < -0.3 is 10.1 Å². The van der Waals surface area contributed by atoms with Crippen molar-refractivity contribution in [1.82, 2.24) is 14.8 Å². The number of allylic oxidation sites excluding steroid dienone is 2. The Hall–Kier alpha value is -3.94. The van der Waals surface area contributed by atoms with E-state index < -0.39 is 0 Å². The van der Waals surface area contributed by atoms with E-state index in [2.05, 4.69) is 22.4 Å². The number of fused-ring (bicyclic) bond motifs is 2. The van der Waals surface area contributed by atoms with Crippen LogP contribution in [0.15, 0.2) is 66.7 Å². The summed E-state index contributed by atoms with van der Waals surface area (Å²) in [6, 6.07) is 18.0. The molecular weight excluding hydrogens is 430 g/mol. The fourth-order valence-electron chi connectivity index (χ4n) is 5.27. The Balaban J connectivity index is 1.40. The molecule has 34 heavy (non-hydrogen) atoms. The molecule has 2 aliphatic heterocycles. The van der Waals surface area contributed by atoms with Crippen molar-refractivity contribution in [2.45, 2.75) is 31.3 Å². The molecule has 1 N–H and O–H groups in total. The van der Waals surface area contributed by atoms with E-state index in [9.17, 15) is 9.59 Å². The molecule has 0 spiro atoms. The molecule has 6 rings (SSSR count). The highest BCUT2D eigenvalue weighted by Gasteiger charge is 2.49. The average molecular weight is 456 g/mol. The van der Waals surface area contributed by atoms with Crippen LogP contribution in [0.3, 0.4) is 0 Å². The summed E-state index contributed by atoms with van der Waals surface area (Å²) >= 11 is 0. The second kappa shape index (κ2) is 8.13. The summed E-state index contributed by atoms with van der Waals surface area (Å²) in [6.45, 7) is 0. The normalized spacial score (nSPS) is 25.6. The fourth-order valence-corrected chi connectivity index (χ4v) is 5.27. The quantitative estimate of drug-likeness (QED) is 0.474. The number of hydrogen-bond acceptors (Lipinski definition) is 6. The molecular formula is C26H25N5O3. The van der Waals surface area contributed by atoms with Crippen LogP contribution in [-0.4, -0.2) is 33.7 Å². The first-order chi connectivity index (χ1) is 16.6. The number of imide groups is 1. The fraction of sp³-hybridized carbons (Fsp3) is 0.308. The van der Waals surface area contributed by atoms with Crippen molar-refractivity contribution in [3.63, 3.8) is 0 Å². The van der Waals surface area contributed by atoms with Gasteiger partial charge in [-0.05, 0) is 42.5 Å². The molecule has 2 aromatic carbocycles. The molecule has 1 fully saturated rings. The van der Waals surface area contributed by atoms with E-state index in [1.54, 1.807) is 11.8 Å². The maximum Gasteiger partial charge on any atom is 0.260 e. The van der Waals surface area contributed by atoms with Crippen LogP contribution < -0.4 is 15.0 Å². The number of rotatable bonds is 4. The third-order valence-electron chi connectivity index (χ3n) is 7.09. The minimum absolute atomic E-state index is 0.00890. The Bertz CT molecular complexity index is 1240. The number of carbonyl (C=O) groups excluding carboxylic acids is 2. The zero-order valence-corrected chi connectivity index (χ0v) is 18.8. The van der Waals surface area contributed by atoms with E-state index in [0.29, 0.717) is 18.8 Å². The average Bonchev–Trinajstić information content (AvgIpc) is 3.42. The molecule has 8 heteroatoms. The molecule has 0 bridgehead atoms. The topological polar surface area (TPSA) is 89.3 Å². The maximum absolute atomic E-state index is 13.1. The number of nitrogens with one attached hydrogen (secondary N) is 1. The van der Waals surface area contributed by atoms with Gasteiger partial charge in [0.1, 0.15) is 5.75 Å². The summed E-state index contributed by atoms with van der Waals surface area (Å²) in [4.78, 5) is 32.1. The third-order valence-corrected chi connectivity index (χ3v) is 7.09. The van der Waals surface area contributed by atoms with Gasteiger partial charge in [0.15, 0.2) is 0 Å². The lowest BCUT2D eigenvalue weighted by Gasteiger charge is -2.31. The summed E-state index contributed by atoms with van der Waals surface area (Å²) < 4.78 is 7.13. The SMILES string of the molecule is COc1ccc([C@H]2C[C@H](c3ccccc3)Nc3nc(N4C(=O)[C@H]5CC=CC[C@@H]5C4=O)nn32)cc1. The van der Waals surface area contributed by atoms with Gasteiger partial charge >= 0.3 is 0 Å². The molecule has 3 aromatic rings. The highest BCUT2D eigenvalue weighted by molar-refractivity contribution is 6.21. The first kappa shape index (κ1) is 20.7. The first-order valence-corrected chi connectivity index (χ1v) is 11.6. The Morgan fingerprint density at radius 3 is 2.24 bits per heavy atom. The molecule has 1 aliphatic carbocycles. The van der Waals surface area contributed by atoms with Gasteiger partial charge in [-0.2, -0.15) is 4.98 Å². The lowest BCUT2D eigenvalue weighted by molar-refractivity contribution is -0.122. The van der Waals surface area contributed by atoms with Crippen LogP contribution >= 0.6 is 0 Å². The second-order valence-electron chi connectivity index (χ2n) is 8.98. The lowest BCUT2D eigenvalue weighted by atomic mass is 9.85. The predicted octanol–water partition coefficient (Wildman–Crippen LogP) is 3.89. The molecule has 3 aliphatic rings. The van der Waals surface area contributed by atoms with Crippen molar-refractivity contribution in [2.24, 2.45) is 11.8 Å². The summed E-state index contributed by atoms with van der Waals surface area (Å²) in [6.07, 6.45) is 5.87. The summed E-state index contributed by atoms with van der Waals surface area (Å²) in [5.74, 6) is 0.427. The molecule has 0 saturated carbocycles. The highest BCUT2D eigenvalue weighted by atomic mass is 16.5. The van der Waals surface area contributed by atoms with Gasteiger partial charge in [0, 0.05) is 0 Å². The van der Waals surface area contributed by atoms with Crippen molar-refractivity contribution in [2.75, 3.05) is 17.3 Å². The molecule has 0 unspecified atom stereocenters. The van der Waals surface area contributed by atoms with Crippen LogP contribution in [0.25, 0.3) is 0 Å². The Labute approximate surface area is 197 Å². The molecule has 2 amide bonds. The van der Waals surface area contributed by atoms with Crippen molar-refractivity contribution < 1.29 is 14.3 Å². The lowest BCUT2D eigenvalue weighted by Crippen LogP contribution is -2.32. The largest absolute Gasteiger partial charge is 0.497 e. The zero-order chi connectivity index (χ0) is 23.2. The van der Waals surface area contributed by atoms with E-state index in [1.807, 2.05) is 54.6 Å². The molecule has 3 heterocycles. The van der Waals surface area contributed by atoms with Crippen LogP contribution in [0.1, 0.15) is 42.5 Å². The van der Waals surface area contributed by atoms with Crippen LogP contribution in [0.2, 0.25) is 0 Å². The number of carbonyl (C=O) groups is 2. The predicted molar refractivity (Wildman–Crippen MR) is 126 cm³/mol. The standard InChI is InChI=1S/C26H25N5O3/c1-34-18-13-11-17(12-14-18)22-15-21(16-7-3-2-4-8-16)27-25-28-26(29-31(22)25)30-23(32)19-9-5-6-10-20(19)24(30)33/h2-8,11-14,19-22H,9-10,15H2,1H3,(H,27,28,29)/t19-,20-,21+,22+/m0/s1. The first-order valence-electron chi connectivity index (χ1n) is 11.6. The molecule has 4 atom stereocenters. The Morgan fingerprint density at radius 1 is 0.912 bits per heavy atom. The number of hydrogen-bond donors (Lipinski definition) is 1. The van der Waals surface area contributed by atoms with E-state index in [0.717, 1.165) is 23.3 Å². The van der Waals surface area contributed by atoms with Gasteiger partial charge in [-0.25, -0.2) is 9.58 Å². The molecule has 0 radical (unpaired) electrons. The van der Waals surface area contributed by atoms with E-state index in [-0.39, 0.29) is 41.7 Å². The smallest absolute Gasteiger partial charge is 0.260 e. The van der Waals surface area contributed by atoms with Crippen LogP contribution in [0.5, 0.6) is 5.75 Å². The molecule has 1 aromatic heterocycles. The number of anilines is 2. The zero-order valence-electron chi connectivity index (χ0n) is 18.8. The van der Waals surface area contributed by atoms with Crippen molar-refractivity contribution in [3.05, 3.63) is 77.9 Å². The monoisotopic (exact) mass is 455 g/mol. The minimum Gasteiger partial charge on any atom is -0.497 e. The second-order valence-corrected chi connectivity index (χ2v) is 8.98. The van der Waals surface area contributed by atoms with Crippen molar-refractivity contribution >= 4 is 23.7 Å². The van der Waals surface area contributed by atoms with Gasteiger partial charge in [-0.3, -0.25) is 9.59 Å². The number of ether oxygens (including phenoxy) is 1. The number of amides is 2. The van der Waals surface area contributed by atoms with Crippen molar-refractivity contribution in [1.29, 1.82) is 0 Å². The van der Waals surface area contributed by atoms with Crippen molar-refractivity contribution in [3.8, 4) is 5.75 Å². The number of methoxy groups -OCH3 is 1. The summed E-state index contributed by atoms with van der Waals surface area (Å²) in [5, 5.41) is 8.17. The highest BCUT2D eigenvalue weighted by Crippen LogP contribution is 2.41. The van der Waals surface area contributed by atoms with E-state index in [1.165, 1.54) is 4.90 Å². The Morgan fingerprint density at radius 2 is 1.59 bits per heavy atom. The number of benzene rings is 2. The molecule has 8 nitrogen and oxygen atoms in total. The van der Waals surface area contributed by atoms with Gasteiger partial charge in [0.05, 0.1) is 31.0 Å². The van der Waals surface area contributed by atoms with Gasteiger partial charge in [0.25, 0.3) is 5.95 Å². The third kappa shape index (κ3) is 3.29. The number of aromatic nitrogens is 3. The van der Waals surface area contributed by atoms with Crippen LogP contribution in [0.4, 0.5) is 11.9 Å². The van der Waals surface area contributed by atoms with Gasteiger partial charge in [0.2, 0.25) is 17.8 Å². The van der Waals surface area contributed by atoms with Gasteiger partial charge in [-0.1, -0.05) is 54.6 Å². The van der Waals surface area contributed by atoms with Crippen LogP contribution in [0, 0.1) is 11.8 Å². The number of nitrogens with zero attached hydrogens (tertiary/aromatic N) is 4. The van der Waals surface area contributed by atoms with E-state index >= 15 is 0 Å². The molecule has 1 saturated heterocycles. The Kier molecular flexibility index (Phi) is 4.94. The van der Waals surface area contributed by atoms with Gasteiger partial charge in [-0.15, -0.1) is 5.10 Å². The molecule has 172 valence electrons. The minimum atomic E-state index is -0.319.